The van der Waals surface area contributed by atoms with Gasteiger partial charge in [0, 0.05) is 10.6 Å². The number of halogens is 1. The molecule has 0 aliphatic carbocycles. The van der Waals surface area contributed by atoms with Crippen molar-refractivity contribution in [2.24, 2.45) is 5.41 Å². The molecule has 5 heteroatoms. The molecule has 0 bridgehead atoms. The first-order chi connectivity index (χ1) is 14.4. The fourth-order valence-corrected chi connectivity index (χ4v) is 6.64. The predicted molar refractivity (Wildman–Crippen MR) is 124 cm³/mol. The van der Waals surface area contributed by atoms with Crippen molar-refractivity contribution in [2.75, 3.05) is 5.75 Å². The van der Waals surface area contributed by atoms with E-state index in [4.69, 9.17) is 9.69 Å². The number of hydrogen-bond acceptors (Lipinski definition) is 3. The first-order valence-corrected chi connectivity index (χ1v) is 12.2. The zero-order valence-corrected chi connectivity index (χ0v) is 19.2. The van der Waals surface area contributed by atoms with E-state index >= 15 is 0 Å². The Morgan fingerprint density at radius 1 is 0.967 bits per heavy atom. The van der Waals surface area contributed by atoms with Crippen molar-refractivity contribution in [3.8, 4) is 6.07 Å². The zero-order chi connectivity index (χ0) is 21.6. The maximum absolute atomic E-state index is 14.4. The normalized spacial score (nSPS) is 12.5. The van der Waals surface area contributed by atoms with Gasteiger partial charge in [-0.1, -0.05) is 81.4 Å². The largest absolute Gasteiger partial charge is 0.403 e. The van der Waals surface area contributed by atoms with Crippen LogP contribution in [0.15, 0.2) is 83.8 Å². The smallest absolute Gasteiger partial charge is 0.283 e. The molecule has 3 aromatic rings. The van der Waals surface area contributed by atoms with Crippen molar-refractivity contribution >= 4 is 31.2 Å². The van der Waals surface area contributed by atoms with Gasteiger partial charge in [0.1, 0.15) is 5.82 Å². The van der Waals surface area contributed by atoms with Crippen LogP contribution in [0.1, 0.15) is 26.3 Å². The molecule has 1 unspecified atom stereocenters. The summed E-state index contributed by atoms with van der Waals surface area (Å²) in [5.41, 5.74) is 0.217. The van der Waals surface area contributed by atoms with Gasteiger partial charge in [-0.15, -0.1) is 11.8 Å². The van der Waals surface area contributed by atoms with Gasteiger partial charge in [-0.2, -0.15) is 5.26 Å². The van der Waals surface area contributed by atoms with E-state index in [-0.39, 0.29) is 17.3 Å². The quantitative estimate of drug-likeness (QED) is 0.386. The van der Waals surface area contributed by atoms with Gasteiger partial charge in [0.2, 0.25) is 0 Å². The standard InChI is InChI=1S/C25H25FNOSSi/c1-25(2,3)24(18-29-23-15-14-19(17-27)16-22(23)26)28-30(20-10-6-4-7-11-20)21-12-8-5-9-13-21/h4-16,24H,18H2,1-3H3. The Morgan fingerprint density at radius 3 is 2.00 bits per heavy atom. The lowest BCUT2D eigenvalue weighted by Gasteiger charge is -2.34. The lowest BCUT2D eigenvalue weighted by molar-refractivity contribution is 0.111. The molecule has 0 saturated carbocycles. The maximum atomic E-state index is 14.4. The summed E-state index contributed by atoms with van der Waals surface area (Å²) in [5, 5.41) is 11.3. The molecule has 2 nitrogen and oxygen atoms in total. The lowest BCUT2D eigenvalue weighted by atomic mass is 9.90. The highest BCUT2D eigenvalue weighted by Gasteiger charge is 2.31. The van der Waals surface area contributed by atoms with E-state index in [0.29, 0.717) is 16.2 Å². The van der Waals surface area contributed by atoms with E-state index in [1.807, 2.05) is 42.5 Å². The summed E-state index contributed by atoms with van der Waals surface area (Å²) in [6.07, 6.45) is -0.0770. The van der Waals surface area contributed by atoms with E-state index in [1.165, 1.54) is 28.2 Å². The van der Waals surface area contributed by atoms with Crippen LogP contribution in [-0.2, 0) is 4.43 Å². The van der Waals surface area contributed by atoms with E-state index in [0.717, 1.165) is 0 Å². The van der Waals surface area contributed by atoms with Gasteiger partial charge < -0.3 is 4.43 Å². The second kappa shape index (κ2) is 10.1. The maximum Gasteiger partial charge on any atom is 0.283 e. The van der Waals surface area contributed by atoms with Gasteiger partial charge in [-0.25, -0.2) is 4.39 Å². The zero-order valence-electron chi connectivity index (χ0n) is 17.4. The summed E-state index contributed by atoms with van der Waals surface area (Å²) in [6.45, 7) is 6.47. The van der Waals surface area contributed by atoms with Crippen molar-refractivity contribution in [1.82, 2.24) is 0 Å². The van der Waals surface area contributed by atoms with Gasteiger partial charge in [0.05, 0.1) is 17.7 Å². The van der Waals surface area contributed by atoms with Crippen molar-refractivity contribution in [1.29, 1.82) is 5.26 Å². The molecule has 3 rings (SSSR count). The molecule has 0 fully saturated rings. The summed E-state index contributed by atoms with van der Waals surface area (Å²) in [5.74, 6) is 0.267. The minimum Gasteiger partial charge on any atom is -0.403 e. The van der Waals surface area contributed by atoms with Crippen LogP contribution in [0.4, 0.5) is 4.39 Å². The van der Waals surface area contributed by atoms with Crippen LogP contribution >= 0.6 is 11.8 Å². The van der Waals surface area contributed by atoms with Gasteiger partial charge in [-0.05, 0) is 34.0 Å². The van der Waals surface area contributed by atoms with E-state index < -0.39 is 9.04 Å². The molecule has 0 saturated heterocycles. The second-order valence-electron chi connectivity index (χ2n) is 8.10. The molecule has 0 aromatic heterocycles. The summed E-state index contributed by atoms with van der Waals surface area (Å²) in [4.78, 5) is 0.542. The molecule has 1 radical (unpaired) electrons. The van der Waals surface area contributed by atoms with E-state index in [1.54, 1.807) is 12.1 Å². The van der Waals surface area contributed by atoms with Crippen molar-refractivity contribution < 1.29 is 8.82 Å². The third-order valence-electron chi connectivity index (χ3n) is 4.75. The Bertz CT molecular complexity index is 960. The highest BCUT2D eigenvalue weighted by molar-refractivity contribution is 7.99. The molecule has 0 aliphatic heterocycles. The van der Waals surface area contributed by atoms with Crippen LogP contribution < -0.4 is 10.4 Å². The van der Waals surface area contributed by atoms with Crippen LogP contribution in [0, 0.1) is 22.6 Å². The van der Waals surface area contributed by atoms with Crippen LogP contribution in [0.3, 0.4) is 0 Å². The molecular formula is C25H25FNOSSi. The molecule has 0 spiro atoms. The Hall–Kier alpha value is -2.39. The van der Waals surface area contributed by atoms with Gasteiger partial charge in [0.25, 0.3) is 9.04 Å². The highest BCUT2D eigenvalue weighted by atomic mass is 32.2. The van der Waals surface area contributed by atoms with Gasteiger partial charge in [0.15, 0.2) is 0 Å². The molecule has 0 heterocycles. The van der Waals surface area contributed by atoms with Crippen LogP contribution in [0.2, 0.25) is 0 Å². The van der Waals surface area contributed by atoms with Gasteiger partial charge >= 0.3 is 0 Å². The predicted octanol–water partition coefficient (Wildman–Crippen LogP) is 5.03. The Balaban J connectivity index is 1.84. The number of rotatable bonds is 7. The fourth-order valence-electron chi connectivity index (χ4n) is 2.94. The molecule has 1 atom stereocenters. The molecule has 30 heavy (non-hydrogen) atoms. The van der Waals surface area contributed by atoms with Crippen molar-refractivity contribution in [3.05, 3.63) is 90.2 Å². The van der Waals surface area contributed by atoms with Crippen LogP contribution in [0.5, 0.6) is 0 Å². The topological polar surface area (TPSA) is 33.0 Å². The average molecular weight is 435 g/mol. The number of nitriles is 1. The Kier molecular flexibility index (Phi) is 7.49. The molecule has 0 aliphatic rings. The summed E-state index contributed by atoms with van der Waals surface area (Å²) in [6, 6.07) is 27.3. The van der Waals surface area contributed by atoms with E-state index in [2.05, 4.69) is 45.0 Å². The first kappa shape index (κ1) is 22.3. The minimum atomic E-state index is -1.45. The third-order valence-corrected chi connectivity index (χ3v) is 8.10. The average Bonchev–Trinajstić information content (AvgIpc) is 2.75. The lowest BCUT2D eigenvalue weighted by Crippen LogP contribution is -2.50. The van der Waals surface area contributed by atoms with Crippen LogP contribution in [0.25, 0.3) is 0 Å². The summed E-state index contributed by atoms with van der Waals surface area (Å²) >= 11 is 1.44. The van der Waals surface area contributed by atoms with Crippen LogP contribution in [-0.4, -0.2) is 20.9 Å². The monoisotopic (exact) mass is 434 g/mol. The SMILES string of the molecule is CC(C)(C)C(CSc1ccc(C#N)cc1F)O[Si](c1ccccc1)c1ccccc1. The Labute approximate surface area is 184 Å². The summed E-state index contributed by atoms with van der Waals surface area (Å²) in [7, 11) is -1.45. The van der Waals surface area contributed by atoms with Crippen molar-refractivity contribution in [2.45, 2.75) is 31.8 Å². The molecule has 153 valence electrons. The van der Waals surface area contributed by atoms with E-state index in [9.17, 15) is 4.39 Å². The molecular weight excluding hydrogens is 409 g/mol. The third kappa shape index (κ3) is 5.82. The molecule has 0 N–H and O–H groups in total. The first-order valence-electron chi connectivity index (χ1n) is 9.85. The highest BCUT2D eigenvalue weighted by Crippen LogP contribution is 2.31. The minimum absolute atomic E-state index is 0.0770. The second-order valence-corrected chi connectivity index (χ2v) is 11.2. The summed E-state index contributed by atoms with van der Waals surface area (Å²) < 4.78 is 21.2. The number of nitrogens with zero attached hydrogens (tertiary/aromatic N) is 1. The van der Waals surface area contributed by atoms with Crippen molar-refractivity contribution in [3.63, 3.8) is 0 Å². The Morgan fingerprint density at radius 2 is 1.53 bits per heavy atom. The number of thioether (sulfide) groups is 1. The molecule has 0 amide bonds. The fraction of sp³-hybridized carbons (Fsp3) is 0.240. The number of benzene rings is 3. The van der Waals surface area contributed by atoms with Gasteiger partial charge in [-0.3, -0.25) is 0 Å². The number of hydrogen-bond donors (Lipinski definition) is 0. The molecule has 3 aromatic carbocycles.